The molecular formula is CH3BCl2O3. The van der Waals surface area contributed by atoms with Crippen LogP contribution in [-0.4, -0.2) is 14.4 Å². The Morgan fingerprint density at radius 3 is 1.71 bits per heavy atom. The van der Waals surface area contributed by atoms with Crippen molar-refractivity contribution >= 4 is 31.1 Å². The first-order chi connectivity index (χ1) is 3.35. The third kappa shape index (κ3) is 3.14. The summed E-state index contributed by atoms with van der Waals surface area (Å²) in [4.78, 5) is 0. The van der Waals surface area contributed by atoms with Crippen molar-refractivity contribution in [2.24, 2.45) is 0 Å². The molecule has 0 aromatic carbocycles. The first kappa shape index (κ1) is 7.52. The second-order valence-corrected chi connectivity index (χ2v) is 1.06. The molecule has 0 N–H and O–H groups in total. The fourth-order valence-electron chi connectivity index (χ4n) is 0.0865. The van der Waals surface area contributed by atoms with Gasteiger partial charge in [0.15, 0.2) is 0 Å². The van der Waals surface area contributed by atoms with Crippen LogP contribution in [0.3, 0.4) is 0 Å². The van der Waals surface area contributed by atoms with E-state index in [1.807, 2.05) is 0 Å². The van der Waals surface area contributed by atoms with E-state index in [4.69, 9.17) is 23.7 Å². The Balaban J connectivity index is 2.99. The Morgan fingerprint density at radius 1 is 1.29 bits per heavy atom. The summed E-state index contributed by atoms with van der Waals surface area (Å²) in [7, 11) is 0.360. The van der Waals surface area contributed by atoms with Gasteiger partial charge in [-0.3, -0.25) is 8.41 Å². The van der Waals surface area contributed by atoms with E-state index < -0.39 is 7.32 Å². The van der Waals surface area contributed by atoms with Gasteiger partial charge in [-0.2, -0.15) is 0 Å². The molecule has 0 aliphatic carbocycles. The van der Waals surface area contributed by atoms with Gasteiger partial charge in [0, 0.05) is 30.8 Å². The van der Waals surface area contributed by atoms with Crippen molar-refractivity contribution in [2.75, 3.05) is 7.11 Å². The van der Waals surface area contributed by atoms with Crippen LogP contribution in [0.5, 0.6) is 0 Å². The Kier molecular flexibility index (Phi) is 5.03. The van der Waals surface area contributed by atoms with E-state index in [0.717, 1.165) is 0 Å². The lowest BCUT2D eigenvalue weighted by molar-refractivity contribution is 0.264. The van der Waals surface area contributed by atoms with E-state index in [-0.39, 0.29) is 0 Å². The highest BCUT2D eigenvalue weighted by Crippen LogP contribution is 1.94. The molecule has 0 saturated carbocycles. The zero-order valence-electron chi connectivity index (χ0n) is 3.56. The molecule has 0 saturated heterocycles. The van der Waals surface area contributed by atoms with Crippen molar-refractivity contribution in [3.05, 3.63) is 0 Å². The molecule has 0 rings (SSSR count). The molecule has 0 bridgehead atoms. The fraction of sp³-hybridized carbons (Fsp3) is 1.00. The topological polar surface area (TPSA) is 27.7 Å². The number of rotatable bonds is 3. The molecule has 0 aliphatic rings. The largest absolute Gasteiger partial charge is 0.673 e. The summed E-state index contributed by atoms with van der Waals surface area (Å²) in [6, 6.07) is 0. The maximum absolute atomic E-state index is 4.73. The van der Waals surface area contributed by atoms with E-state index >= 15 is 0 Å². The van der Waals surface area contributed by atoms with Crippen molar-refractivity contribution in [3.63, 3.8) is 0 Å². The fourth-order valence-corrected chi connectivity index (χ4v) is 0.342. The van der Waals surface area contributed by atoms with E-state index in [9.17, 15) is 0 Å². The average molecular weight is 145 g/mol. The highest BCUT2D eigenvalue weighted by atomic mass is 35.5. The molecule has 0 unspecified atom stereocenters. The maximum Gasteiger partial charge on any atom is 0.673 e. The number of hydrogen-bond acceptors (Lipinski definition) is 3. The van der Waals surface area contributed by atoms with Crippen LogP contribution in [0.1, 0.15) is 0 Å². The summed E-state index contributed by atoms with van der Waals surface area (Å²) in [5.74, 6) is 0. The Hall–Kier alpha value is 0.525. The van der Waals surface area contributed by atoms with Crippen molar-refractivity contribution in [2.45, 2.75) is 0 Å². The van der Waals surface area contributed by atoms with Crippen molar-refractivity contribution < 1.29 is 13.1 Å². The zero-order chi connectivity index (χ0) is 5.70. The monoisotopic (exact) mass is 144 g/mol. The van der Waals surface area contributed by atoms with Crippen LogP contribution in [0.25, 0.3) is 0 Å². The van der Waals surface area contributed by atoms with Crippen LogP contribution in [0, 0.1) is 0 Å². The van der Waals surface area contributed by atoms with E-state index in [1.165, 1.54) is 7.11 Å². The van der Waals surface area contributed by atoms with Gasteiger partial charge in [-0.15, -0.1) is 0 Å². The predicted octanol–water partition coefficient (Wildman–Crippen LogP) is 0.958. The quantitative estimate of drug-likeness (QED) is 0.553. The molecule has 0 atom stereocenters. The van der Waals surface area contributed by atoms with Gasteiger partial charge in [-0.25, -0.2) is 0 Å². The van der Waals surface area contributed by atoms with E-state index in [2.05, 4.69) is 13.1 Å². The highest BCUT2D eigenvalue weighted by Gasteiger charge is 2.17. The molecule has 0 aliphatic heterocycles. The molecule has 7 heavy (non-hydrogen) atoms. The smallest absolute Gasteiger partial charge is 0.387 e. The van der Waals surface area contributed by atoms with E-state index in [0.29, 0.717) is 0 Å². The molecule has 0 fully saturated rings. The van der Waals surface area contributed by atoms with Crippen LogP contribution in [0.2, 0.25) is 0 Å². The van der Waals surface area contributed by atoms with Crippen LogP contribution < -0.4 is 0 Å². The molecule has 42 valence electrons. The average Bonchev–Trinajstić information content (AvgIpc) is 1.72. The number of hydrogen-bond donors (Lipinski definition) is 0. The van der Waals surface area contributed by atoms with Gasteiger partial charge < -0.3 is 4.65 Å². The van der Waals surface area contributed by atoms with Crippen LogP contribution in [0.4, 0.5) is 0 Å². The highest BCUT2D eigenvalue weighted by molar-refractivity contribution is 6.48. The minimum atomic E-state index is -0.983. The van der Waals surface area contributed by atoms with Crippen molar-refractivity contribution in [1.82, 2.24) is 0 Å². The second-order valence-electron chi connectivity index (χ2n) is 0.703. The lowest BCUT2D eigenvalue weighted by Gasteiger charge is -1.96. The van der Waals surface area contributed by atoms with Gasteiger partial charge in [0.1, 0.15) is 0 Å². The first-order valence-corrected chi connectivity index (χ1v) is 2.04. The van der Waals surface area contributed by atoms with Crippen LogP contribution >= 0.6 is 23.7 Å². The summed E-state index contributed by atoms with van der Waals surface area (Å²) < 4.78 is 12.2. The molecule has 0 aromatic heterocycles. The summed E-state index contributed by atoms with van der Waals surface area (Å²) in [5, 5.41) is 0. The van der Waals surface area contributed by atoms with Gasteiger partial charge in [-0.05, 0) is 0 Å². The Morgan fingerprint density at radius 2 is 1.71 bits per heavy atom. The normalized spacial score (nSPS) is 9.00. The first-order valence-electron chi connectivity index (χ1n) is 1.42. The van der Waals surface area contributed by atoms with Gasteiger partial charge in [0.05, 0.1) is 0 Å². The van der Waals surface area contributed by atoms with Crippen molar-refractivity contribution in [3.8, 4) is 0 Å². The number of halogens is 2. The molecule has 0 aromatic rings. The van der Waals surface area contributed by atoms with Gasteiger partial charge in [0.25, 0.3) is 0 Å². The molecule has 0 amide bonds. The van der Waals surface area contributed by atoms with Crippen molar-refractivity contribution in [1.29, 1.82) is 0 Å². The van der Waals surface area contributed by atoms with E-state index in [1.54, 1.807) is 0 Å². The van der Waals surface area contributed by atoms with Gasteiger partial charge in [-0.1, -0.05) is 0 Å². The SMILES string of the molecule is COB(OCl)OCl. The lowest BCUT2D eigenvalue weighted by Crippen LogP contribution is -2.16. The van der Waals surface area contributed by atoms with Crippen LogP contribution in [0.15, 0.2) is 0 Å². The molecule has 0 heterocycles. The maximum atomic E-state index is 4.73. The lowest BCUT2D eigenvalue weighted by atomic mass is 10.3. The van der Waals surface area contributed by atoms with Gasteiger partial charge in [0.2, 0.25) is 0 Å². The zero-order valence-corrected chi connectivity index (χ0v) is 5.07. The minimum absolute atomic E-state index is 0.983. The molecule has 3 nitrogen and oxygen atoms in total. The third-order valence-corrected chi connectivity index (χ3v) is 0.629. The summed E-state index contributed by atoms with van der Waals surface area (Å²) >= 11 is 9.47. The molecule has 6 heteroatoms. The molecule has 0 radical (unpaired) electrons. The Bertz CT molecular complexity index is 34.4. The summed E-state index contributed by atoms with van der Waals surface area (Å²) in [6.45, 7) is 0. The summed E-state index contributed by atoms with van der Waals surface area (Å²) in [5.41, 5.74) is 0. The predicted molar refractivity (Wildman–Crippen MR) is 26.6 cm³/mol. The molecule has 0 spiro atoms. The second kappa shape index (κ2) is 4.68. The third-order valence-electron chi connectivity index (χ3n) is 0.338. The summed E-state index contributed by atoms with van der Waals surface area (Å²) in [6.07, 6.45) is 0. The minimum Gasteiger partial charge on any atom is -0.387 e. The standard InChI is InChI=1S/CH3BCl2O3/c1-5-2(6-3)7-4/h1H3. The Labute approximate surface area is 52.0 Å². The molecular weight excluding hydrogens is 142 g/mol. The van der Waals surface area contributed by atoms with Gasteiger partial charge >= 0.3 is 7.32 Å². The van der Waals surface area contributed by atoms with Crippen LogP contribution in [-0.2, 0) is 13.1 Å².